The quantitative estimate of drug-likeness (QED) is 0.206. The molecule has 29 heavy (non-hydrogen) atoms. The molecule has 2 aromatic carbocycles. The lowest BCUT2D eigenvalue weighted by Gasteiger charge is -2.05. The average molecular weight is 409 g/mol. The van der Waals surface area contributed by atoms with Crippen molar-refractivity contribution in [3.63, 3.8) is 0 Å². The van der Waals surface area contributed by atoms with E-state index in [9.17, 15) is 4.79 Å². The lowest BCUT2D eigenvalue weighted by molar-refractivity contribution is -0.118. The van der Waals surface area contributed by atoms with Gasteiger partial charge in [0.25, 0.3) is 5.91 Å². The third-order valence-electron chi connectivity index (χ3n) is 4.75. The Hall–Kier alpha value is -2.60. The molecule has 6 heteroatoms. The van der Waals surface area contributed by atoms with E-state index in [1.165, 1.54) is 43.0 Å². The zero-order valence-corrected chi connectivity index (χ0v) is 17.9. The van der Waals surface area contributed by atoms with E-state index in [-0.39, 0.29) is 11.7 Å². The van der Waals surface area contributed by atoms with Crippen LogP contribution in [0.25, 0.3) is 11.0 Å². The van der Waals surface area contributed by atoms with Crippen molar-refractivity contribution in [1.82, 2.24) is 15.4 Å². The third-order valence-corrected chi connectivity index (χ3v) is 5.62. The summed E-state index contributed by atoms with van der Waals surface area (Å²) in [5.74, 6) is 0.107. The summed E-state index contributed by atoms with van der Waals surface area (Å²) < 4.78 is 0. The van der Waals surface area contributed by atoms with E-state index in [4.69, 9.17) is 0 Å². The molecule has 0 spiro atoms. The van der Waals surface area contributed by atoms with Gasteiger partial charge in [-0.25, -0.2) is 10.4 Å². The molecule has 0 saturated carbocycles. The van der Waals surface area contributed by atoms with E-state index >= 15 is 0 Å². The van der Waals surface area contributed by atoms with Gasteiger partial charge in [0.15, 0.2) is 5.16 Å². The lowest BCUT2D eigenvalue weighted by atomic mass is 10.0. The zero-order chi connectivity index (χ0) is 20.5. The fourth-order valence-electron chi connectivity index (χ4n) is 3.04. The minimum absolute atomic E-state index is 0.151. The number of aromatic nitrogens is 2. The highest BCUT2D eigenvalue weighted by molar-refractivity contribution is 7.99. The Balaban J connectivity index is 1.46. The normalized spacial score (nSPS) is 11.7. The van der Waals surface area contributed by atoms with Crippen LogP contribution in [0.1, 0.15) is 50.7 Å². The topological polar surface area (TPSA) is 70.1 Å². The van der Waals surface area contributed by atoms with Crippen LogP contribution in [0.5, 0.6) is 0 Å². The van der Waals surface area contributed by atoms with E-state index in [0.717, 1.165) is 33.9 Å². The summed E-state index contributed by atoms with van der Waals surface area (Å²) in [6.07, 6.45) is 6.21. The Morgan fingerprint density at radius 1 is 1.10 bits per heavy atom. The Morgan fingerprint density at radius 3 is 2.66 bits per heavy atom. The summed E-state index contributed by atoms with van der Waals surface area (Å²) in [6.45, 7) is 4.14. The number of nitrogens with zero attached hydrogens (tertiary/aromatic N) is 2. The van der Waals surface area contributed by atoms with Gasteiger partial charge in [0.1, 0.15) is 0 Å². The van der Waals surface area contributed by atoms with Gasteiger partial charge >= 0.3 is 0 Å². The van der Waals surface area contributed by atoms with Crippen LogP contribution in [0.3, 0.4) is 0 Å². The molecule has 0 bridgehead atoms. The number of imidazole rings is 1. The molecular weight excluding hydrogens is 380 g/mol. The molecule has 0 aliphatic carbocycles. The number of hydrogen-bond donors (Lipinski definition) is 2. The predicted octanol–water partition coefficient (Wildman–Crippen LogP) is 5.32. The highest BCUT2D eigenvalue weighted by atomic mass is 32.2. The average Bonchev–Trinajstić information content (AvgIpc) is 3.17. The number of aromatic amines is 1. The Bertz CT molecular complexity index is 929. The number of rotatable bonds is 10. The molecule has 3 rings (SSSR count). The molecule has 0 unspecified atom stereocenters. The zero-order valence-electron chi connectivity index (χ0n) is 17.1. The van der Waals surface area contributed by atoms with Crippen molar-refractivity contribution in [2.75, 3.05) is 5.75 Å². The Kier molecular flexibility index (Phi) is 7.87. The smallest absolute Gasteiger partial charge is 0.250 e. The number of H-pyrrole nitrogens is 1. The molecule has 0 radical (unpaired) electrons. The van der Waals surface area contributed by atoms with Crippen molar-refractivity contribution in [3.8, 4) is 0 Å². The van der Waals surface area contributed by atoms with Gasteiger partial charge in [-0.15, -0.1) is 0 Å². The van der Waals surface area contributed by atoms with Gasteiger partial charge in [0.2, 0.25) is 0 Å². The number of unbranched alkanes of at least 4 members (excludes halogenated alkanes) is 3. The summed E-state index contributed by atoms with van der Waals surface area (Å²) in [6, 6.07) is 16.3. The van der Waals surface area contributed by atoms with E-state index in [1.807, 2.05) is 31.2 Å². The first-order valence-corrected chi connectivity index (χ1v) is 11.1. The van der Waals surface area contributed by atoms with Gasteiger partial charge in [-0.1, -0.05) is 74.3 Å². The molecule has 1 aromatic heterocycles. The summed E-state index contributed by atoms with van der Waals surface area (Å²) >= 11 is 1.37. The SMILES string of the molecule is CCCCCCc1ccc(/C(C)=N\NC(=O)CSc2nc3ccccc3[nH]2)cc1. The fourth-order valence-corrected chi connectivity index (χ4v) is 3.72. The van der Waals surface area contributed by atoms with Crippen LogP contribution in [0.2, 0.25) is 0 Å². The standard InChI is InChI=1S/C23H28N4OS/c1-3-4-5-6-9-18-12-14-19(15-13-18)17(2)26-27-22(28)16-29-23-24-20-10-7-8-11-21(20)25-23/h7-8,10-15H,3-6,9,16H2,1-2H3,(H,24,25)(H,27,28)/b26-17-. The molecule has 0 saturated heterocycles. The molecule has 1 amide bonds. The summed E-state index contributed by atoms with van der Waals surface area (Å²) in [5, 5.41) is 4.97. The second-order valence-electron chi connectivity index (χ2n) is 7.09. The number of nitrogens with one attached hydrogen (secondary N) is 2. The number of aryl methyl sites for hydroxylation is 1. The molecule has 0 fully saturated rings. The minimum Gasteiger partial charge on any atom is -0.333 e. The van der Waals surface area contributed by atoms with Crippen molar-refractivity contribution >= 4 is 34.4 Å². The van der Waals surface area contributed by atoms with Gasteiger partial charge in [0.05, 0.1) is 22.5 Å². The van der Waals surface area contributed by atoms with Gasteiger partial charge in [-0.3, -0.25) is 4.79 Å². The minimum atomic E-state index is -0.151. The van der Waals surface area contributed by atoms with Gasteiger partial charge in [0, 0.05) is 0 Å². The van der Waals surface area contributed by atoms with Crippen LogP contribution >= 0.6 is 11.8 Å². The van der Waals surface area contributed by atoms with Crippen molar-refractivity contribution < 1.29 is 4.79 Å². The number of amides is 1. The number of fused-ring (bicyclic) bond motifs is 1. The van der Waals surface area contributed by atoms with Gasteiger partial charge in [-0.2, -0.15) is 5.10 Å². The number of hydrazone groups is 1. The predicted molar refractivity (Wildman–Crippen MR) is 121 cm³/mol. The number of carbonyl (C=O) groups excluding carboxylic acids is 1. The summed E-state index contributed by atoms with van der Waals surface area (Å²) in [5.41, 5.74) is 7.67. The molecule has 1 heterocycles. The van der Waals surface area contributed by atoms with Crippen LogP contribution in [0, 0.1) is 0 Å². The molecule has 152 valence electrons. The number of thioether (sulfide) groups is 1. The van der Waals surface area contributed by atoms with Crippen molar-refractivity contribution in [2.24, 2.45) is 5.10 Å². The van der Waals surface area contributed by atoms with E-state index in [1.54, 1.807) is 0 Å². The molecule has 0 aliphatic heterocycles. The Morgan fingerprint density at radius 2 is 1.90 bits per heavy atom. The highest BCUT2D eigenvalue weighted by Crippen LogP contribution is 2.18. The molecule has 0 atom stereocenters. The number of hydrogen-bond acceptors (Lipinski definition) is 4. The Labute approximate surface area is 176 Å². The van der Waals surface area contributed by atoms with Crippen LogP contribution in [-0.4, -0.2) is 27.3 Å². The molecule has 2 N–H and O–H groups in total. The summed E-state index contributed by atoms with van der Waals surface area (Å²) in [4.78, 5) is 19.8. The van der Waals surface area contributed by atoms with E-state index in [0.29, 0.717) is 0 Å². The summed E-state index contributed by atoms with van der Waals surface area (Å²) in [7, 11) is 0. The lowest BCUT2D eigenvalue weighted by Crippen LogP contribution is -2.21. The first kappa shape index (κ1) is 21.1. The number of carbonyl (C=O) groups is 1. The molecule has 5 nitrogen and oxygen atoms in total. The number of para-hydroxylation sites is 2. The second kappa shape index (κ2) is 10.8. The largest absolute Gasteiger partial charge is 0.333 e. The third kappa shape index (κ3) is 6.46. The molecule has 3 aromatic rings. The fraction of sp³-hybridized carbons (Fsp3) is 0.348. The van der Waals surface area contributed by atoms with Crippen LogP contribution in [0.15, 0.2) is 58.8 Å². The van der Waals surface area contributed by atoms with Crippen molar-refractivity contribution in [1.29, 1.82) is 0 Å². The second-order valence-corrected chi connectivity index (χ2v) is 8.05. The van der Waals surface area contributed by atoms with Gasteiger partial charge in [-0.05, 0) is 43.0 Å². The van der Waals surface area contributed by atoms with Crippen molar-refractivity contribution in [3.05, 3.63) is 59.7 Å². The molecule has 0 aliphatic rings. The van der Waals surface area contributed by atoms with Gasteiger partial charge < -0.3 is 4.98 Å². The number of benzene rings is 2. The maximum atomic E-state index is 12.1. The van der Waals surface area contributed by atoms with E-state index in [2.05, 4.69) is 51.7 Å². The highest BCUT2D eigenvalue weighted by Gasteiger charge is 2.07. The van der Waals surface area contributed by atoms with Crippen LogP contribution in [0.4, 0.5) is 0 Å². The van der Waals surface area contributed by atoms with E-state index < -0.39 is 0 Å². The van der Waals surface area contributed by atoms with Crippen LogP contribution in [-0.2, 0) is 11.2 Å². The maximum absolute atomic E-state index is 12.1. The first-order chi connectivity index (χ1) is 14.2. The van der Waals surface area contributed by atoms with Crippen LogP contribution < -0.4 is 5.43 Å². The first-order valence-electron chi connectivity index (χ1n) is 10.2. The van der Waals surface area contributed by atoms with Crippen molar-refractivity contribution in [2.45, 2.75) is 51.1 Å². The monoisotopic (exact) mass is 408 g/mol. The maximum Gasteiger partial charge on any atom is 0.250 e. The molecular formula is C23H28N4OS.